The fraction of sp³-hybridized carbons (Fsp3) is 0.250. The molecule has 0 unspecified atom stereocenters. The summed E-state index contributed by atoms with van der Waals surface area (Å²) in [5.41, 5.74) is 7.58. The van der Waals surface area contributed by atoms with Gasteiger partial charge >= 0.3 is 0 Å². The summed E-state index contributed by atoms with van der Waals surface area (Å²) in [5, 5.41) is 2.04. The Labute approximate surface area is 98.9 Å². The molecule has 0 saturated carbocycles. The van der Waals surface area contributed by atoms with E-state index in [1.54, 1.807) is 11.3 Å². The van der Waals surface area contributed by atoms with Crippen LogP contribution in [0.5, 0.6) is 5.88 Å². The zero-order chi connectivity index (χ0) is 11.4. The molecule has 84 valence electrons. The molecule has 0 aromatic carbocycles. The Bertz CT molecular complexity index is 454. The van der Waals surface area contributed by atoms with Crippen LogP contribution in [0.25, 0.3) is 0 Å². The lowest BCUT2D eigenvalue weighted by atomic mass is 10.2. The minimum Gasteiger partial charge on any atom is -0.472 e. The number of nitrogens with zero attached hydrogens (tertiary/aromatic N) is 1. The predicted octanol–water partition coefficient (Wildman–Crippen LogP) is 2.49. The maximum atomic E-state index is 5.62. The van der Waals surface area contributed by atoms with Crippen LogP contribution in [0, 0.1) is 6.92 Å². The van der Waals surface area contributed by atoms with E-state index in [-0.39, 0.29) is 0 Å². The Morgan fingerprint density at radius 3 is 3.00 bits per heavy atom. The molecule has 0 bridgehead atoms. The lowest BCUT2D eigenvalue weighted by Crippen LogP contribution is -2.01. The van der Waals surface area contributed by atoms with Crippen molar-refractivity contribution in [3.63, 3.8) is 0 Å². The second-order valence-electron chi connectivity index (χ2n) is 3.53. The van der Waals surface area contributed by atoms with E-state index in [0.29, 0.717) is 19.0 Å². The molecule has 0 saturated heterocycles. The fourth-order valence-corrected chi connectivity index (χ4v) is 2.05. The van der Waals surface area contributed by atoms with E-state index in [2.05, 4.69) is 4.98 Å². The van der Waals surface area contributed by atoms with Gasteiger partial charge in [0, 0.05) is 23.2 Å². The van der Waals surface area contributed by atoms with E-state index in [1.807, 2.05) is 36.6 Å². The third-order valence-electron chi connectivity index (χ3n) is 2.17. The minimum atomic E-state index is 0.513. The monoisotopic (exact) mass is 234 g/mol. The van der Waals surface area contributed by atoms with E-state index in [0.717, 1.165) is 11.3 Å². The summed E-state index contributed by atoms with van der Waals surface area (Å²) in [6.45, 7) is 3.02. The van der Waals surface area contributed by atoms with Crippen molar-refractivity contribution in [2.45, 2.75) is 20.1 Å². The van der Waals surface area contributed by atoms with Crippen LogP contribution < -0.4 is 10.5 Å². The van der Waals surface area contributed by atoms with Gasteiger partial charge in [0.25, 0.3) is 0 Å². The molecule has 2 N–H and O–H groups in total. The average molecular weight is 234 g/mol. The van der Waals surface area contributed by atoms with Crippen molar-refractivity contribution in [1.29, 1.82) is 0 Å². The van der Waals surface area contributed by atoms with Crippen LogP contribution in [0.1, 0.15) is 16.1 Å². The molecule has 0 fully saturated rings. The van der Waals surface area contributed by atoms with Gasteiger partial charge in [0.1, 0.15) is 6.61 Å². The number of ether oxygens (including phenoxy) is 1. The Morgan fingerprint density at radius 1 is 1.44 bits per heavy atom. The maximum Gasteiger partial charge on any atom is 0.214 e. The molecule has 0 aliphatic carbocycles. The van der Waals surface area contributed by atoms with Crippen molar-refractivity contribution in [1.82, 2.24) is 4.98 Å². The Morgan fingerprint density at radius 2 is 2.31 bits per heavy atom. The summed E-state index contributed by atoms with van der Waals surface area (Å²) in [6, 6.07) is 7.92. The summed E-state index contributed by atoms with van der Waals surface area (Å²) in [5.74, 6) is 0.647. The number of hydrogen-bond acceptors (Lipinski definition) is 4. The molecule has 2 aromatic heterocycles. The highest BCUT2D eigenvalue weighted by Crippen LogP contribution is 2.15. The lowest BCUT2D eigenvalue weighted by Gasteiger charge is -2.06. The zero-order valence-electron chi connectivity index (χ0n) is 9.14. The molecule has 0 radical (unpaired) electrons. The van der Waals surface area contributed by atoms with E-state index < -0.39 is 0 Å². The third-order valence-corrected chi connectivity index (χ3v) is 3.02. The van der Waals surface area contributed by atoms with Gasteiger partial charge in [-0.05, 0) is 30.0 Å². The van der Waals surface area contributed by atoms with Crippen LogP contribution in [0.3, 0.4) is 0 Å². The van der Waals surface area contributed by atoms with Crippen LogP contribution >= 0.6 is 11.3 Å². The first-order valence-electron chi connectivity index (χ1n) is 5.11. The molecule has 3 nitrogen and oxygen atoms in total. The van der Waals surface area contributed by atoms with Crippen LogP contribution in [0.2, 0.25) is 0 Å². The van der Waals surface area contributed by atoms with Gasteiger partial charge in [0.2, 0.25) is 5.88 Å². The number of pyridine rings is 1. The molecule has 16 heavy (non-hydrogen) atoms. The number of hydrogen-bond donors (Lipinski definition) is 1. The molecule has 0 atom stereocenters. The van der Waals surface area contributed by atoms with Gasteiger partial charge < -0.3 is 10.5 Å². The summed E-state index contributed by atoms with van der Waals surface area (Å²) in [6.07, 6.45) is 0. The first-order valence-corrected chi connectivity index (χ1v) is 5.98. The highest BCUT2D eigenvalue weighted by Gasteiger charge is 2.01. The largest absolute Gasteiger partial charge is 0.472 e. The van der Waals surface area contributed by atoms with Crippen LogP contribution in [0.4, 0.5) is 0 Å². The molecular weight excluding hydrogens is 220 g/mol. The van der Waals surface area contributed by atoms with Crippen molar-refractivity contribution >= 4 is 11.3 Å². The highest BCUT2D eigenvalue weighted by atomic mass is 32.1. The van der Waals surface area contributed by atoms with Gasteiger partial charge in [-0.1, -0.05) is 6.07 Å². The summed E-state index contributed by atoms with van der Waals surface area (Å²) >= 11 is 1.68. The second kappa shape index (κ2) is 5.09. The molecule has 0 spiro atoms. The highest BCUT2D eigenvalue weighted by molar-refractivity contribution is 7.09. The van der Waals surface area contributed by atoms with Crippen LogP contribution in [-0.2, 0) is 13.2 Å². The van der Waals surface area contributed by atoms with Gasteiger partial charge in [-0.25, -0.2) is 4.98 Å². The van der Waals surface area contributed by atoms with Crippen molar-refractivity contribution in [2.75, 3.05) is 0 Å². The standard InChI is InChI=1S/C12H14N2OS/c1-9-5-10(7-13)6-12(14-9)15-8-11-3-2-4-16-11/h2-6H,7-8,13H2,1H3. The number of aryl methyl sites for hydroxylation is 1. The summed E-state index contributed by atoms with van der Waals surface area (Å²) < 4.78 is 5.62. The number of aromatic nitrogens is 1. The molecule has 2 rings (SSSR count). The number of nitrogens with two attached hydrogens (primary N) is 1. The third kappa shape index (κ3) is 2.81. The Kier molecular flexibility index (Phi) is 3.54. The smallest absolute Gasteiger partial charge is 0.214 e. The summed E-state index contributed by atoms with van der Waals surface area (Å²) in [7, 11) is 0. The fourth-order valence-electron chi connectivity index (χ4n) is 1.44. The molecule has 4 heteroatoms. The topological polar surface area (TPSA) is 48.1 Å². The van der Waals surface area contributed by atoms with E-state index in [9.17, 15) is 0 Å². The predicted molar refractivity (Wildman–Crippen MR) is 65.5 cm³/mol. The molecule has 2 heterocycles. The second-order valence-corrected chi connectivity index (χ2v) is 4.56. The number of thiophene rings is 1. The van der Waals surface area contributed by atoms with Crippen molar-refractivity contribution in [2.24, 2.45) is 5.73 Å². The van der Waals surface area contributed by atoms with E-state index >= 15 is 0 Å². The quantitative estimate of drug-likeness (QED) is 0.884. The van der Waals surface area contributed by atoms with Crippen LogP contribution in [0.15, 0.2) is 29.6 Å². The van der Waals surface area contributed by atoms with Crippen LogP contribution in [-0.4, -0.2) is 4.98 Å². The molecule has 2 aromatic rings. The van der Waals surface area contributed by atoms with Gasteiger partial charge in [-0.15, -0.1) is 11.3 Å². The number of rotatable bonds is 4. The molecule has 0 amide bonds. The normalized spacial score (nSPS) is 10.4. The van der Waals surface area contributed by atoms with Crippen molar-refractivity contribution < 1.29 is 4.74 Å². The van der Waals surface area contributed by atoms with Gasteiger partial charge in [-0.2, -0.15) is 0 Å². The van der Waals surface area contributed by atoms with Gasteiger partial charge in [-0.3, -0.25) is 0 Å². The van der Waals surface area contributed by atoms with Crippen molar-refractivity contribution in [3.8, 4) is 5.88 Å². The Balaban J connectivity index is 2.06. The van der Waals surface area contributed by atoms with E-state index in [4.69, 9.17) is 10.5 Å². The first kappa shape index (κ1) is 11.1. The Hall–Kier alpha value is -1.39. The van der Waals surface area contributed by atoms with Gasteiger partial charge in [0.05, 0.1) is 0 Å². The first-order chi connectivity index (χ1) is 7.78. The van der Waals surface area contributed by atoms with E-state index in [1.165, 1.54) is 4.88 Å². The molecule has 0 aliphatic heterocycles. The average Bonchev–Trinajstić information content (AvgIpc) is 2.78. The summed E-state index contributed by atoms with van der Waals surface area (Å²) in [4.78, 5) is 5.50. The lowest BCUT2D eigenvalue weighted by molar-refractivity contribution is 0.296. The SMILES string of the molecule is Cc1cc(CN)cc(OCc2cccs2)n1. The maximum absolute atomic E-state index is 5.62. The minimum absolute atomic E-state index is 0.513. The zero-order valence-corrected chi connectivity index (χ0v) is 9.96. The van der Waals surface area contributed by atoms with Crippen molar-refractivity contribution in [3.05, 3.63) is 45.8 Å². The molecular formula is C12H14N2OS. The molecule has 0 aliphatic rings. The van der Waals surface area contributed by atoms with Gasteiger partial charge in [0.15, 0.2) is 0 Å².